The largest absolute Gasteiger partial charge is 0.381 e. The molecule has 1 aliphatic rings. The van der Waals surface area contributed by atoms with Crippen molar-refractivity contribution in [3.8, 4) is 0 Å². The monoisotopic (exact) mass is 322 g/mol. The van der Waals surface area contributed by atoms with Crippen molar-refractivity contribution in [1.82, 2.24) is 15.5 Å². The second kappa shape index (κ2) is 8.26. The molecule has 0 unspecified atom stereocenters. The molecule has 0 radical (unpaired) electrons. The lowest BCUT2D eigenvalue weighted by molar-refractivity contribution is -0.00501. The van der Waals surface area contributed by atoms with Crippen molar-refractivity contribution in [2.75, 3.05) is 40.9 Å². The number of ether oxygens (including phenoxy) is 1. The van der Waals surface area contributed by atoms with Crippen LogP contribution in [0.25, 0.3) is 0 Å². The Morgan fingerprint density at radius 2 is 1.96 bits per heavy atom. The van der Waals surface area contributed by atoms with Gasteiger partial charge < -0.3 is 20.3 Å². The van der Waals surface area contributed by atoms with Gasteiger partial charge >= 0.3 is 0 Å². The number of halogens is 1. The highest BCUT2D eigenvalue weighted by Crippen LogP contribution is 2.24. The van der Waals surface area contributed by atoms with Crippen LogP contribution >= 0.6 is 0 Å². The third-order valence-corrected chi connectivity index (χ3v) is 4.58. The molecule has 1 saturated heterocycles. The summed E-state index contributed by atoms with van der Waals surface area (Å²) in [5.74, 6) is 0.477. The fourth-order valence-corrected chi connectivity index (χ4v) is 2.82. The van der Waals surface area contributed by atoms with E-state index in [1.807, 2.05) is 6.07 Å². The highest BCUT2D eigenvalue weighted by atomic mass is 19.1. The van der Waals surface area contributed by atoms with Gasteiger partial charge in [0.15, 0.2) is 5.96 Å². The highest BCUT2D eigenvalue weighted by Gasteiger charge is 2.34. The molecule has 1 aromatic carbocycles. The van der Waals surface area contributed by atoms with E-state index in [1.165, 1.54) is 6.07 Å². The molecule has 6 heteroatoms. The zero-order chi connectivity index (χ0) is 16.7. The third-order valence-electron chi connectivity index (χ3n) is 4.58. The number of aliphatic imine (C=N–C) groups is 1. The summed E-state index contributed by atoms with van der Waals surface area (Å²) in [6.45, 7) is 2.74. The summed E-state index contributed by atoms with van der Waals surface area (Å²) in [4.78, 5) is 6.49. The highest BCUT2D eigenvalue weighted by molar-refractivity contribution is 5.79. The Morgan fingerprint density at radius 1 is 1.26 bits per heavy atom. The van der Waals surface area contributed by atoms with Gasteiger partial charge in [-0.25, -0.2) is 4.39 Å². The number of nitrogens with one attached hydrogen (secondary N) is 2. The van der Waals surface area contributed by atoms with E-state index in [0.29, 0.717) is 18.1 Å². The van der Waals surface area contributed by atoms with Gasteiger partial charge in [-0.1, -0.05) is 18.2 Å². The Morgan fingerprint density at radius 3 is 2.57 bits per heavy atom. The molecular formula is C17H27FN4O. The molecule has 1 aliphatic heterocycles. The van der Waals surface area contributed by atoms with Gasteiger partial charge in [-0.2, -0.15) is 0 Å². The molecule has 0 aliphatic carbocycles. The van der Waals surface area contributed by atoms with Gasteiger partial charge in [-0.05, 0) is 33.0 Å². The molecular weight excluding hydrogens is 295 g/mol. The van der Waals surface area contributed by atoms with Gasteiger partial charge in [0, 0.05) is 44.5 Å². The smallest absolute Gasteiger partial charge is 0.191 e. The Bertz CT molecular complexity index is 527. The van der Waals surface area contributed by atoms with Crippen LogP contribution in [0.3, 0.4) is 0 Å². The minimum Gasteiger partial charge on any atom is -0.381 e. The maximum absolute atomic E-state index is 13.7. The minimum absolute atomic E-state index is 0.0634. The van der Waals surface area contributed by atoms with Crippen LogP contribution < -0.4 is 10.6 Å². The summed E-state index contributed by atoms with van der Waals surface area (Å²) >= 11 is 0. The molecule has 0 spiro atoms. The topological polar surface area (TPSA) is 48.9 Å². The number of rotatable bonds is 5. The maximum Gasteiger partial charge on any atom is 0.191 e. The Kier molecular flexibility index (Phi) is 6.36. The second-order valence-electron chi connectivity index (χ2n) is 6.10. The van der Waals surface area contributed by atoms with Crippen molar-refractivity contribution in [2.45, 2.75) is 24.9 Å². The average molecular weight is 322 g/mol. The fraction of sp³-hybridized carbons (Fsp3) is 0.588. The molecule has 0 saturated carbocycles. The zero-order valence-electron chi connectivity index (χ0n) is 14.2. The summed E-state index contributed by atoms with van der Waals surface area (Å²) in [7, 11) is 5.92. The summed E-state index contributed by atoms with van der Waals surface area (Å²) in [6.07, 6.45) is 1.97. The summed E-state index contributed by atoms with van der Waals surface area (Å²) in [6, 6.07) is 6.77. The summed E-state index contributed by atoms with van der Waals surface area (Å²) < 4.78 is 19.2. The van der Waals surface area contributed by atoms with E-state index in [4.69, 9.17) is 4.74 Å². The quantitative estimate of drug-likeness (QED) is 0.639. The lowest BCUT2D eigenvalue weighted by Gasteiger charge is -2.43. The number of benzene rings is 1. The van der Waals surface area contributed by atoms with Crippen LogP contribution in [-0.2, 0) is 11.3 Å². The molecule has 1 heterocycles. The van der Waals surface area contributed by atoms with Crippen LogP contribution in [0.2, 0.25) is 0 Å². The van der Waals surface area contributed by atoms with Crippen molar-refractivity contribution in [1.29, 1.82) is 0 Å². The molecule has 1 fully saturated rings. The first kappa shape index (κ1) is 17.7. The number of likely N-dealkylation sites (N-methyl/N-ethyl adjacent to an activating group) is 1. The lowest BCUT2D eigenvalue weighted by atomic mass is 9.88. The van der Waals surface area contributed by atoms with Crippen molar-refractivity contribution < 1.29 is 9.13 Å². The summed E-state index contributed by atoms with van der Waals surface area (Å²) in [5.41, 5.74) is 0.692. The third kappa shape index (κ3) is 4.65. The van der Waals surface area contributed by atoms with Crippen molar-refractivity contribution in [3.05, 3.63) is 35.6 Å². The van der Waals surface area contributed by atoms with Gasteiger partial charge in [0.05, 0.1) is 0 Å². The van der Waals surface area contributed by atoms with Gasteiger partial charge in [0.25, 0.3) is 0 Å². The van der Waals surface area contributed by atoms with Crippen LogP contribution in [0.5, 0.6) is 0 Å². The first-order valence-electron chi connectivity index (χ1n) is 8.00. The van der Waals surface area contributed by atoms with E-state index >= 15 is 0 Å². The van der Waals surface area contributed by atoms with Crippen LogP contribution in [0.4, 0.5) is 4.39 Å². The molecule has 0 atom stereocenters. The van der Waals surface area contributed by atoms with Crippen molar-refractivity contribution in [2.24, 2.45) is 4.99 Å². The normalized spacial score (nSPS) is 18.0. The molecule has 5 nitrogen and oxygen atoms in total. The summed E-state index contributed by atoms with van der Waals surface area (Å²) in [5, 5.41) is 6.54. The number of hydrogen-bond donors (Lipinski definition) is 2. The van der Waals surface area contributed by atoms with Crippen molar-refractivity contribution >= 4 is 5.96 Å². The number of nitrogens with zero attached hydrogens (tertiary/aromatic N) is 2. The maximum atomic E-state index is 13.7. The molecule has 1 aromatic rings. The average Bonchev–Trinajstić information content (AvgIpc) is 2.57. The predicted octanol–water partition coefficient (Wildman–Crippen LogP) is 1.60. The Labute approximate surface area is 137 Å². The van der Waals surface area contributed by atoms with Crippen LogP contribution in [0.1, 0.15) is 18.4 Å². The van der Waals surface area contributed by atoms with Gasteiger partial charge in [-0.3, -0.25) is 4.99 Å². The van der Waals surface area contributed by atoms with E-state index in [2.05, 4.69) is 34.6 Å². The number of hydrogen-bond acceptors (Lipinski definition) is 3. The number of guanidine groups is 1. The molecule has 0 bridgehead atoms. The molecule has 0 amide bonds. The van der Waals surface area contributed by atoms with E-state index in [0.717, 1.165) is 32.6 Å². The van der Waals surface area contributed by atoms with Crippen LogP contribution in [0.15, 0.2) is 29.3 Å². The fourth-order valence-electron chi connectivity index (χ4n) is 2.82. The van der Waals surface area contributed by atoms with Gasteiger partial charge in [0.1, 0.15) is 5.82 Å². The standard InChI is InChI=1S/C17H27FN4O/c1-19-16(20-12-14-6-4-5-7-15(14)18)21-13-17(22(2)3)8-10-23-11-9-17/h4-7H,8-13H2,1-3H3,(H2,19,20,21). The Balaban J connectivity index is 1.90. The van der Waals surface area contributed by atoms with Crippen molar-refractivity contribution in [3.63, 3.8) is 0 Å². The molecule has 128 valence electrons. The van der Waals surface area contributed by atoms with E-state index in [-0.39, 0.29) is 11.4 Å². The minimum atomic E-state index is -0.204. The van der Waals surface area contributed by atoms with Gasteiger partial charge in [-0.15, -0.1) is 0 Å². The zero-order valence-corrected chi connectivity index (χ0v) is 14.2. The van der Waals surface area contributed by atoms with E-state index in [1.54, 1.807) is 19.2 Å². The predicted molar refractivity (Wildman–Crippen MR) is 91.1 cm³/mol. The molecule has 2 N–H and O–H groups in total. The van der Waals surface area contributed by atoms with E-state index < -0.39 is 0 Å². The molecule has 2 rings (SSSR count). The Hall–Kier alpha value is -1.66. The van der Waals surface area contributed by atoms with Crippen LogP contribution in [-0.4, -0.2) is 57.3 Å². The van der Waals surface area contributed by atoms with Gasteiger partial charge in [0.2, 0.25) is 0 Å². The first-order chi connectivity index (χ1) is 11.1. The SMILES string of the molecule is CN=C(NCc1ccccc1F)NCC1(N(C)C)CCOCC1. The molecule has 0 aromatic heterocycles. The van der Waals surface area contributed by atoms with Crippen LogP contribution in [0, 0.1) is 5.82 Å². The molecule has 23 heavy (non-hydrogen) atoms. The second-order valence-corrected chi connectivity index (χ2v) is 6.10. The lowest BCUT2D eigenvalue weighted by Crippen LogP contribution is -2.57. The first-order valence-corrected chi connectivity index (χ1v) is 8.00. The van der Waals surface area contributed by atoms with E-state index in [9.17, 15) is 4.39 Å².